The first kappa shape index (κ1) is 19.6. The van der Waals surface area contributed by atoms with Crippen LogP contribution in [-0.4, -0.2) is 11.8 Å². The molecule has 0 atom stereocenters. The van der Waals surface area contributed by atoms with E-state index in [1.807, 2.05) is 24.3 Å². The van der Waals surface area contributed by atoms with Gasteiger partial charge in [-0.1, -0.05) is 39.7 Å². The van der Waals surface area contributed by atoms with E-state index in [-0.39, 0.29) is 23.1 Å². The zero-order chi connectivity index (χ0) is 21.5. The summed E-state index contributed by atoms with van der Waals surface area (Å²) in [7, 11) is 0. The monoisotopic (exact) mass is 494 g/mol. The minimum Gasteiger partial charge on any atom is -0.452 e. The summed E-state index contributed by atoms with van der Waals surface area (Å²) in [6.07, 6.45) is 1.67. The molecule has 0 N–H and O–H groups in total. The van der Waals surface area contributed by atoms with Crippen LogP contribution in [-0.2, 0) is 0 Å². The lowest BCUT2D eigenvalue weighted by molar-refractivity contribution is 0.0703. The summed E-state index contributed by atoms with van der Waals surface area (Å²) in [5, 5.41) is 1.24. The zero-order valence-corrected chi connectivity index (χ0v) is 18.1. The number of fused-ring (bicyclic) bond motifs is 2. The van der Waals surface area contributed by atoms with Gasteiger partial charge < -0.3 is 13.9 Å². The fourth-order valence-electron chi connectivity index (χ4n) is 3.21. The molecule has 31 heavy (non-hydrogen) atoms. The first-order chi connectivity index (χ1) is 15.0. The molecule has 152 valence electrons. The maximum atomic E-state index is 12.6. The summed E-state index contributed by atoms with van der Waals surface area (Å²) in [5.74, 6) is -0.0808. The predicted molar refractivity (Wildman–Crippen MR) is 120 cm³/mol. The number of Topliss-reactive ketones (excluding diaryl/α,β-unsaturated/α-hetero) is 1. The Bertz CT molecular complexity index is 1390. The summed E-state index contributed by atoms with van der Waals surface area (Å²) in [4.78, 5) is 25.1. The van der Waals surface area contributed by atoms with Crippen molar-refractivity contribution in [2.75, 3.05) is 0 Å². The third-order valence-corrected chi connectivity index (χ3v) is 5.46. The van der Waals surface area contributed by atoms with E-state index in [1.165, 1.54) is 6.07 Å². The molecule has 0 saturated carbocycles. The van der Waals surface area contributed by atoms with Crippen molar-refractivity contribution >= 4 is 56.3 Å². The maximum absolute atomic E-state index is 12.6. The van der Waals surface area contributed by atoms with E-state index < -0.39 is 5.97 Å². The average molecular weight is 496 g/mol. The molecular formula is C24H12BrClO5. The molecule has 7 heteroatoms. The number of hydrogen-bond acceptors (Lipinski definition) is 5. The van der Waals surface area contributed by atoms with E-state index >= 15 is 0 Å². The van der Waals surface area contributed by atoms with Gasteiger partial charge in [-0.25, -0.2) is 4.79 Å². The van der Waals surface area contributed by atoms with Gasteiger partial charge in [0.15, 0.2) is 5.76 Å². The van der Waals surface area contributed by atoms with E-state index in [0.717, 1.165) is 10.0 Å². The summed E-state index contributed by atoms with van der Waals surface area (Å²) in [5.41, 5.74) is 1.76. The van der Waals surface area contributed by atoms with Gasteiger partial charge >= 0.3 is 5.97 Å². The smallest absolute Gasteiger partial charge is 0.379 e. The fourth-order valence-corrected chi connectivity index (χ4v) is 3.66. The first-order valence-electron chi connectivity index (χ1n) is 9.21. The van der Waals surface area contributed by atoms with Crippen molar-refractivity contribution in [1.82, 2.24) is 0 Å². The van der Waals surface area contributed by atoms with E-state index in [9.17, 15) is 9.59 Å². The van der Waals surface area contributed by atoms with Crippen molar-refractivity contribution < 1.29 is 23.5 Å². The second kappa shape index (κ2) is 7.72. The number of allylic oxidation sites excluding steroid dienone is 1. The van der Waals surface area contributed by atoms with Crippen LogP contribution in [0.3, 0.4) is 0 Å². The Labute approximate surface area is 190 Å². The molecule has 0 radical (unpaired) electrons. The van der Waals surface area contributed by atoms with Crippen molar-refractivity contribution in [3.05, 3.63) is 98.9 Å². The highest BCUT2D eigenvalue weighted by atomic mass is 79.9. The normalized spacial score (nSPS) is 14.0. The average Bonchev–Trinajstić information content (AvgIpc) is 3.30. The number of furan rings is 1. The fraction of sp³-hybridized carbons (Fsp3) is 0. The molecule has 5 rings (SSSR count). The van der Waals surface area contributed by atoms with E-state index in [2.05, 4.69) is 15.9 Å². The van der Waals surface area contributed by atoms with Crippen LogP contribution < -0.4 is 9.47 Å². The van der Waals surface area contributed by atoms with Gasteiger partial charge in [0, 0.05) is 20.9 Å². The van der Waals surface area contributed by atoms with Gasteiger partial charge in [0.2, 0.25) is 11.5 Å². The molecule has 1 aliphatic heterocycles. The van der Waals surface area contributed by atoms with Crippen LogP contribution in [0.5, 0.6) is 11.5 Å². The van der Waals surface area contributed by atoms with Gasteiger partial charge in [-0.3, -0.25) is 4.79 Å². The Morgan fingerprint density at radius 2 is 1.81 bits per heavy atom. The number of carbonyl (C=O) groups excluding carboxylic acids is 2. The van der Waals surface area contributed by atoms with Crippen molar-refractivity contribution in [3.8, 4) is 11.5 Å². The highest BCUT2D eigenvalue weighted by Gasteiger charge is 2.28. The highest BCUT2D eigenvalue weighted by Crippen LogP contribution is 2.35. The van der Waals surface area contributed by atoms with Gasteiger partial charge in [0.1, 0.15) is 17.1 Å². The van der Waals surface area contributed by atoms with Gasteiger partial charge in [-0.15, -0.1) is 0 Å². The van der Waals surface area contributed by atoms with Crippen LogP contribution in [0.2, 0.25) is 5.02 Å². The van der Waals surface area contributed by atoms with Crippen molar-refractivity contribution in [2.45, 2.75) is 0 Å². The molecule has 1 aliphatic rings. The second-order valence-electron chi connectivity index (χ2n) is 6.83. The Morgan fingerprint density at radius 1 is 1.00 bits per heavy atom. The number of benzene rings is 3. The second-order valence-corrected chi connectivity index (χ2v) is 8.18. The molecular weight excluding hydrogens is 484 g/mol. The summed E-state index contributed by atoms with van der Waals surface area (Å²) in [6.45, 7) is 0. The quantitative estimate of drug-likeness (QED) is 0.180. The lowest BCUT2D eigenvalue weighted by Gasteiger charge is -2.04. The Morgan fingerprint density at radius 3 is 2.61 bits per heavy atom. The molecule has 0 spiro atoms. The molecule has 2 heterocycles. The molecule has 0 unspecified atom stereocenters. The number of ether oxygens (including phenoxy) is 2. The van der Waals surface area contributed by atoms with E-state index in [0.29, 0.717) is 27.3 Å². The van der Waals surface area contributed by atoms with Crippen LogP contribution in [0.4, 0.5) is 0 Å². The Kier molecular flexibility index (Phi) is 4.88. The Balaban J connectivity index is 1.37. The Hall–Kier alpha value is -3.35. The number of carbonyl (C=O) groups is 2. The number of ketones is 1. The van der Waals surface area contributed by atoms with Crippen LogP contribution in [0, 0.1) is 0 Å². The molecule has 0 bridgehead atoms. The number of halogens is 2. The molecule has 0 amide bonds. The number of rotatable bonds is 3. The maximum Gasteiger partial charge on any atom is 0.379 e. The molecule has 0 saturated heterocycles. The van der Waals surface area contributed by atoms with Gasteiger partial charge in [0.25, 0.3) is 0 Å². The van der Waals surface area contributed by atoms with Crippen LogP contribution >= 0.6 is 27.5 Å². The van der Waals surface area contributed by atoms with Crippen LogP contribution in [0.15, 0.2) is 81.4 Å². The third kappa shape index (κ3) is 3.87. The molecule has 0 fully saturated rings. The van der Waals surface area contributed by atoms with Gasteiger partial charge in [0.05, 0.1) is 5.56 Å². The topological polar surface area (TPSA) is 65.7 Å². The lowest BCUT2D eigenvalue weighted by Crippen LogP contribution is -2.07. The molecule has 3 aromatic carbocycles. The lowest BCUT2D eigenvalue weighted by atomic mass is 10.1. The third-order valence-electron chi connectivity index (χ3n) is 4.70. The van der Waals surface area contributed by atoms with Gasteiger partial charge in [-0.2, -0.15) is 0 Å². The minimum absolute atomic E-state index is 0.0468. The predicted octanol–water partition coefficient (Wildman–Crippen LogP) is 6.68. The SMILES string of the molecule is O=C(Oc1ccc2c(c1)O/C(=C\c1ccc(Br)cc1)C2=O)c1cc2cc(Cl)ccc2o1. The van der Waals surface area contributed by atoms with Crippen LogP contribution in [0.25, 0.3) is 17.0 Å². The van der Waals surface area contributed by atoms with Crippen LogP contribution in [0.1, 0.15) is 26.5 Å². The van der Waals surface area contributed by atoms with Crippen molar-refractivity contribution in [1.29, 1.82) is 0 Å². The highest BCUT2D eigenvalue weighted by molar-refractivity contribution is 9.10. The van der Waals surface area contributed by atoms with E-state index in [4.69, 9.17) is 25.5 Å². The largest absolute Gasteiger partial charge is 0.452 e. The summed E-state index contributed by atoms with van der Waals surface area (Å²) < 4.78 is 17.6. The van der Waals surface area contributed by atoms with Gasteiger partial charge in [-0.05, 0) is 60.2 Å². The minimum atomic E-state index is -0.665. The standard InChI is InChI=1S/C24H12BrClO5/c25-15-3-1-13(2-4-15)9-21-23(27)18-7-6-17(12-20(18)31-21)29-24(28)22-11-14-10-16(26)5-8-19(14)30-22/h1-12H/b21-9-. The summed E-state index contributed by atoms with van der Waals surface area (Å²) >= 11 is 9.34. The first-order valence-corrected chi connectivity index (χ1v) is 10.4. The van der Waals surface area contributed by atoms with Crippen molar-refractivity contribution in [2.24, 2.45) is 0 Å². The summed E-state index contributed by atoms with van der Waals surface area (Å²) in [6, 6.07) is 18.7. The van der Waals surface area contributed by atoms with E-state index in [1.54, 1.807) is 42.5 Å². The molecule has 0 aliphatic carbocycles. The number of hydrogen-bond donors (Lipinski definition) is 0. The molecule has 1 aromatic heterocycles. The molecule has 4 aromatic rings. The van der Waals surface area contributed by atoms with Crippen molar-refractivity contribution in [3.63, 3.8) is 0 Å². The molecule has 5 nitrogen and oxygen atoms in total. The zero-order valence-electron chi connectivity index (χ0n) is 15.7. The number of esters is 1.